The highest BCUT2D eigenvalue weighted by atomic mass is 79.9. The molecule has 1 aliphatic heterocycles. The fraction of sp³-hybridized carbons (Fsp3) is 0.381. The van der Waals surface area contributed by atoms with Gasteiger partial charge in [0.1, 0.15) is 16.4 Å². The molecule has 0 spiro atoms. The molecule has 2 N–H and O–H groups in total. The van der Waals surface area contributed by atoms with Crippen molar-refractivity contribution < 1.29 is 45.7 Å². The highest BCUT2D eigenvalue weighted by Gasteiger charge is 2.35. The summed E-state index contributed by atoms with van der Waals surface area (Å²) in [5.41, 5.74) is -1.24. The van der Waals surface area contributed by atoms with E-state index in [1.165, 1.54) is 37.3 Å². The van der Waals surface area contributed by atoms with E-state index in [0.29, 0.717) is 29.4 Å². The Labute approximate surface area is 207 Å². The summed E-state index contributed by atoms with van der Waals surface area (Å²) in [7, 11) is -1.81. The zero-order valence-corrected chi connectivity index (χ0v) is 21.0. The van der Waals surface area contributed by atoms with E-state index in [9.17, 15) is 31.5 Å². The van der Waals surface area contributed by atoms with Crippen molar-refractivity contribution in [3.8, 4) is 17.2 Å². The van der Waals surface area contributed by atoms with Gasteiger partial charge >= 0.3 is 6.36 Å². The highest BCUT2D eigenvalue weighted by Crippen LogP contribution is 2.39. The number of sulfonamides is 1. The minimum absolute atomic E-state index is 0.0568. The molecule has 0 unspecified atom stereocenters. The van der Waals surface area contributed by atoms with Gasteiger partial charge in [0.25, 0.3) is 15.9 Å². The molecule has 1 heterocycles. The predicted octanol–water partition coefficient (Wildman–Crippen LogP) is 4.11. The van der Waals surface area contributed by atoms with E-state index in [-0.39, 0.29) is 29.8 Å². The quantitative estimate of drug-likeness (QED) is 0.450. The normalized spacial score (nSPS) is 16.3. The van der Waals surface area contributed by atoms with Crippen LogP contribution in [0.5, 0.6) is 17.2 Å². The van der Waals surface area contributed by atoms with Gasteiger partial charge in [-0.05, 0) is 37.1 Å². The van der Waals surface area contributed by atoms with Gasteiger partial charge in [0.15, 0.2) is 5.75 Å². The number of hydrogen-bond acceptors (Lipinski definition) is 7. The van der Waals surface area contributed by atoms with Crippen molar-refractivity contribution in [1.82, 2.24) is 4.90 Å². The van der Waals surface area contributed by atoms with Crippen LogP contribution in [-0.4, -0.2) is 64.1 Å². The maximum absolute atomic E-state index is 13.2. The lowest BCUT2D eigenvalue weighted by Gasteiger charge is -2.25. The molecule has 35 heavy (non-hydrogen) atoms. The Morgan fingerprint density at radius 1 is 1.26 bits per heavy atom. The highest BCUT2D eigenvalue weighted by molar-refractivity contribution is 9.10. The Balaban J connectivity index is 2.08. The van der Waals surface area contributed by atoms with Crippen LogP contribution >= 0.6 is 15.9 Å². The van der Waals surface area contributed by atoms with Crippen LogP contribution in [0.3, 0.4) is 0 Å². The molecule has 0 saturated carbocycles. The summed E-state index contributed by atoms with van der Waals surface area (Å²) < 4.78 is 81.5. The van der Waals surface area contributed by atoms with Gasteiger partial charge in [-0.3, -0.25) is 9.52 Å². The number of carbonyl (C=O) groups excluding carboxylic acids is 1. The maximum atomic E-state index is 13.2. The van der Waals surface area contributed by atoms with Crippen molar-refractivity contribution >= 4 is 37.5 Å². The van der Waals surface area contributed by atoms with Crippen LogP contribution < -0.4 is 14.2 Å². The van der Waals surface area contributed by atoms with Crippen LogP contribution in [-0.2, 0) is 14.8 Å². The van der Waals surface area contributed by atoms with Crippen LogP contribution in [0.1, 0.15) is 23.2 Å². The number of carbonyl (C=O) groups is 1. The van der Waals surface area contributed by atoms with Crippen LogP contribution in [0.25, 0.3) is 0 Å². The van der Waals surface area contributed by atoms with Crippen molar-refractivity contribution in [3.63, 3.8) is 0 Å². The van der Waals surface area contributed by atoms with E-state index >= 15 is 0 Å². The third-order valence-electron chi connectivity index (χ3n) is 5.20. The lowest BCUT2D eigenvalue weighted by Crippen LogP contribution is -2.38. The van der Waals surface area contributed by atoms with Crippen LogP contribution in [0.4, 0.5) is 18.9 Å². The smallest absolute Gasteiger partial charge is 0.505 e. The summed E-state index contributed by atoms with van der Waals surface area (Å²) in [5.74, 6) is -2.60. The summed E-state index contributed by atoms with van der Waals surface area (Å²) in [6.45, 7) is 0.473. The van der Waals surface area contributed by atoms with Crippen molar-refractivity contribution in [2.24, 2.45) is 0 Å². The first-order valence-corrected chi connectivity index (χ1v) is 12.4. The lowest BCUT2D eigenvalue weighted by molar-refractivity contribution is -0.274. The molecule has 0 bridgehead atoms. The molecule has 1 fully saturated rings. The number of ether oxygens (including phenoxy) is 3. The first kappa shape index (κ1) is 26.9. The molecule has 1 amide bonds. The molecule has 192 valence electrons. The average molecular weight is 583 g/mol. The number of methoxy groups -OCH3 is 2. The molecule has 0 aliphatic carbocycles. The number of alkyl halides is 3. The molecule has 0 radical (unpaired) electrons. The Morgan fingerprint density at radius 2 is 1.97 bits per heavy atom. The summed E-state index contributed by atoms with van der Waals surface area (Å²) in [6, 6.07) is 5.09. The van der Waals surface area contributed by atoms with Gasteiger partial charge in [-0.25, -0.2) is 8.42 Å². The van der Waals surface area contributed by atoms with E-state index in [0.717, 1.165) is 0 Å². The standard InChI is InChI=1S/C21H22BrF3N2O7S/c1-32-11-13-4-3-7-27(13)20(29)15-9-14(34-21(23,24)25)10-16(19(15)28)26-35(30,31)18-8-12(22)5-6-17(18)33-2/h5-6,8-10,13,26,28H,3-4,7,11H2,1-2H3/t13-/m1/s1. The molecule has 14 heteroatoms. The van der Waals surface area contributed by atoms with E-state index in [1.807, 2.05) is 4.72 Å². The number of hydrogen-bond donors (Lipinski definition) is 2. The van der Waals surface area contributed by atoms with Crippen LogP contribution in [0.2, 0.25) is 0 Å². The Hall–Kier alpha value is -2.71. The molecule has 9 nitrogen and oxygen atoms in total. The van der Waals surface area contributed by atoms with Gasteiger partial charge in [0.05, 0.1) is 31.0 Å². The molecule has 2 aromatic rings. The maximum Gasteiger partial charge on any atom is 0.573 e. The minimum Gasteiger partial charge on any atom is -0.505 e. The van der Waals surface area contributed by atoms with Crippen molar-refractivity contribution in [2.75, 3.05) is 32.1 Å². The Morgan fingerprint density at radius 3 is 2.60 bits per heavy atom. The molecular weight excluding hydrogens is 561 g/mol. The number of nitrogens with one attached hydrogen (secondary N) is 1. The number of benzene rings is 2. The fourth-order valence-corrected chi connectivity index (χ4v) is 5.49. The number of anilines is 1. The largest absolute Gasteiger partial charge is 0.573 e. The van der Waals surface area contributed by atoms with Crippen molar-refractivity contribution in [2.45, 2.75) is 30.1 Å². The third-order valence-corrected chi connectivity index (χ3v) is 7.08. The zero-order chi connectivity index (χ0) is 26.0. The molecular formula is C21H22BrF3N2O7S. The molecule has 3 rings (SSSR count). The summed E-state index contributed by atoms with van der Waals surface area (Å²) in [5, 5.41) is 10.8. The topological polar surface area (TPSA) is 114 Å². The Kier molecular flexibility index (Phi) is 8.07. The fourth-order valence-electron chi connectivity index (χ4n) is 3.73. The van der Waals surface area contributed by atoms with E-state index < -0.39 is 45.0 Å². The summed E-state index contributed by atoms with van der Waals surface area (Å²) in [6.07, 6.45) is -3.91. The first-order valence-electron chi connectivity index (χ1n) is 10.2. The number of likely N-dealkylation sites (tertiary alicyclic amines) is 1. The van der Waals surface area contributed by atoms with Crippen LogP contribution in [0.15, 0.2) is 39.7 Å². The predicted molar refractivity (Wildman–Crippen MR) is 122 cm³/mol. The first-order chi connectivity index (χ1) is 16.4. The van der Waals surface area contributed by atoms with Gasteiger partial charge < -0.3 is 24.2 Å². The number of amides is 1. The summed E-state index contributed by atoms with van der Waals surface area (Å²) in [4.78, 5) is 14.2. The number of halogens is 4. The third kappa shape index (κ3) is 6.30. The van der Waals surface area contributed by atoms with Crippen molar-refractivity contribution in [3.05, 3.63) is 40.4 Å². The van der Waals surface area contributed by atoms with Gasteiger partial charge in [-0.1, -0.05) is 15.9 Å². The van der Waals surface area contributed by atoms with Crippen LogP contribution in [0, 0.1) is 0 Å². The van der Waals surface area contributed by atoms with Gasteiger partial charge in [0, 0.05) is 24.2 Å². The van der Waals surface area contributed by atoms with E-state index in [1.54, 1.807) is 0 Å². The molecule has 1 atom stereocenters. The van der Waals surface area contributed by atoms with Gasteiger partial charge in [-0.15, -0.1) is 13.2 Å². The number of rotatable bonds is 8. The summed E-state index contributed by atoms with van der Waals surface area (Å²) >= 11 is 3.15. The van der Waals surface area contributed by atoms with E-state index in [2.05, 4.69) is 20.7 Å². The SMILES string of the molecule is COC[C@H]1CCCN1C(=O)c1cc(OC(F)(F)F)cc(NS(=O)(=O)c2cc(Br)ccc2OC)c1O. The molecule has 1 aliphatic rings. The van der Waals surface area contributed by atoms with Gasteiger partial charge in [0.2, 0.25) is 0 Å². The van der Waals surface area contributed by atoms with Crippen molar-refractivity contribution in [1.29, 1.82) is 0 Å². The second-order valence-corrected chi connectivity index (χ2v) is 10.1. The molecule has 0 aromatic heterocycles. The molecule has 2 aromatic carbocycles. The molecule has 1 saturated heterocycles. The lowest BCUT2D eigenvalue weighted by atomic mass is 10.1. The number of phenolic OH excluding ortho intramolecular Hbond substituents is 1. The number of phenols is 1. The number of aromatic hydroxyl groups is 1. The van der Waals surface area contributed by atoms with E-state index in [4.69, 9.17) is 9.47 Å². The number of nitrogens with zero attached hydrogens (tertiary/aromatic N) is 1. The monoisotopic (exact) mass is 582 g/mol. The average Bonchev–Trinajstić information content (AvgIpc) is 3.22. The minimum atomic E-state index is -5.13. The Bertz CT molecular complexity index is 1210. The second-order valence-electron chi connectivity index (χ2n) is 7.57. The second kappa shape index (κ2) is 10.5. The van der Waals surface area contributed by atoms with Gasteiger partial charge in [-0.2, -0.15) is 0 Å². The zero-order valence-electron chi connectivity index (χ0n) is 18.6.